The summed E-state index contributed by atoms with van der Waals surface area (Å²) in [6.45, 7) is 2.81. The van der Waals surface area contributed by atoms with Crippen LogP contribution >= 0.6 is 0 Å². The van der Waals surface area contributed by atoms with Crippen LogP contribution in [0.1, 0.15) is 26.2 Å². The molecule has 13 heavy (non-hydrogen) atoms. The van der Waals surface area contributed by atoms with Crippen molar-refractivity contribution in [3.05, 3.63) is 0 Å². The van der Waals surface area contributed by atoms with E-state index in [0.717, 1.165) is 5.92 Å². The minimum atomic E-state index is 0.281. The molecular formula is C11H20O2. The van der Waals surface area contributed by atoms with E-state index in [9.17, 15) is 10.2 Å². The molecule has 0 aromatic carbocycles. The first-order valence-corrected chi connectivity index (χ1v) is 5.53. The van der Waals surface area contributed by atoms with E-state index in [1.807, 2.05) is 0 Å². The molecule has 76 valence electrons. The summed E-state index contributed by atoms with van der Waals surface area (Å²) in [6.07, 6.45) is 3.80. The molecule has 0 aromatic heterocycles. The molecule has 0 heterocycles. The molecule has 0 aliphatic heterocycles. The molecule has 5 atom stereocenters. The van der Waals surface area contributed by atoms with Crippen molar-refractivity contribution < 1.29 is 10.2 Å². The number of aliphatic hydroxyl groups is 2. The Labute approximate surface area is 80.0 Å². The van der Waals surface area contributed by atoms with Gasteiger partial charge in [-0.2, -0.15) is 0 Å². The zero-order chi connectivity index (χ0) is 9.42. The average molecular weight is 184 g/mol. The number of hydrogen-bond donors (Lipinski definition) is 2. The van der Waals surface area contributed by atoms with Crippen molar-refractivity contribution in [1.82, 2.24) is 0 Å². The number of aliphatic hydroxyl groups excluding tert-OH is 2. The van der Waals surface area contributed by atoms with Crippen molar-refractivity contribution in [2.75, 3.05) is 13.2 Å². The van der Waals surface area contributed by atoms with E-state index in [0.29, 0.717) is 23.7 Å². The highest BCUT2D eigenvalue weighted by Gasteiger charge is 2.50. The van der Waals surface area contributed by atoms with E-state index in [4.69, 9.17) is 0 Å². The Morgan fingerprint density at radius 1 is 1.08 bits per heavy atom. The van der Waals surface area contributed by atoms with Crippen LogP contribution in [0, 0.1) is 29.6 Å². The highest BCUT2D eigenvalue weighted by molar-refractivity contribution is 4.99. The van der Waals surface area contributed by atoms with Crippen molar-refractivity contribution in [3.63, 3.8) is 0 Å². The van der Waals surface area contributed by atoms with E-state index in [1.165, 1.54) is 19.3 Å². The molecule has 2 aliphatic rings. The van der Waals surface area contributed by atoms with Gasteiger partial charge < -0.3 is 10.2 Å². The minimum Gasteiger partial charge on any atom is -0.396 e. The van der Waals surface area contributed by atoms with Crippen LogP contribution in [0.25, 0.3) is 0 Å². The molecule has 2 fully saturated rings. The maximum absolute atomic E-state index is 9.29. The Kier molecular flexibility index (Phi) is 2.61. The second-order valence-corrected chi connectivity index (χ2v) is 4.76. The maximum Gasteiger partial charge on any atom is 0.0465 e. The Hall–Kier alpha value is -0.0800. The Morgan fingerprint density at radius 3 is 2.31 bits per heavy atom. The van der Waals surface area contributed by atoms with Gasteiger partial charge in [0.25, 0.3) is 0 Å². The summed E-state index contributed by atoms with van der Waals surface area (Å²) in [6, 6.07) is 0. The van der Waals surface area contributed by atoms with Gasteiger partial charge in [0.1, 0.15) is 0 Å². The number of hydrogen-bond acceptors (Lipinski definition) is 2. The first kappa shape index (κ1) is 9.47. The predicted molar refractivity (Wildman–Crippen MR) is 51.1 cm³/mol. The summed E-state index contributed by atoms with van der Waals surface area (Å²) in [5, 5.41) is 18.5. The molecule has 2 aliphatic carbocycles. The third kappa shape index (κ3) is 1.31. The highest BCUT2D eigenvalue weighted by atomic mass is 16.3. The summed E-state index contributed by atoms with van der Waals surface area (Å²) < 4.78 is 0. The molecule has 2 saturated carbocycles. The minimum absolute atomic E-state index is 0.281. The van der Waals surface area contributed by atoms with Crippen molar-refractivity contribution in [2.24, 2.45) is 29.6 Å². The lowest BCUT2D eigenvalue weighted by atomic mass is 9.74. The summed E-state index contributed by atoms with van der Waals surface area (Å²) in [5.41, 5.74) is 0. The standard InChI is InChI=1S/C11H20O2/c1-2-7-3-8-4-9(7)11(6-13)10(8)5-12/h7-13H,2-6H2,1H3. The molecular weight excluding hydrogens is 164 g/mol. The fourth-order valence-corrected chi connectivity index (χ4v) is 3.77. The van der Waals surface area contributed by atoms with E-state index in [-0.39, 0.29) is 13.2 Å². The first-order valence-electron chi connectivity index (χ1n) is 5.53. The number of rotatable bonds is 3. The zero-order valence-electron chi connectivity index (χ0n) is 8.32. The van der Waals surface area contributed by atoms with Crippen LogP contribution in [0.4, 0.5) is 0 Å². The average Bonchev–Trinajstić information content (AvgIpc) is 2.72. The summed E-state index contributed by atoms with van der Waals surface area (Å²) >= 11 is 0. The smallest absolute Gasteiger partial charge is 0.0465 e. The molecule has 0 radical (unpaired) electrons. The second kappa shape index (κ2) is 3.58. The highest BCUT2D eigenvalue weighted by Crippen LogP contribution is 2.55. The van der Waals surface area contributed by atoms with E-state index < -0.39 is 0 Å². The summed E-state index contributed by atoms with van der Waals surface area (Å²) in [4.78, 5) is 0. The molecule has 2 rings (SSSR count). The van der Waals surface area contributed by atoms with Crippen LogP contribution in [-0.4, -0.2) is 23.4 Å². The lowest BCUT2D eigenvalue weighted by Gasteiger charge is -2.33. The van der Waals surface area contributed by atoms with Crippen LogP contribution in [0.3, 0.4) is 0 Å². The monoisotopic (exact) mass is 184 g/mol. The van der Waals surface area contributed by atoms with Gasteiger partial charge in [0.2, 0.25) is 0 Å². The van der Waals surface area contributed by atoms with Gasteiger partial charge >= 0.3 is 0 Å². The quantitative estimate of drug-likeness (QED) is 0.693. The van der Waals surface area contributed by atoms with Crippen LogP contribution < -0.4 is 0 Å². The Bertz CT molecular complexity index is 181. The van der Waals surface area contributed by atoms with Gasteiger partial charge in [-0.15, -0.1) is 0 Å². The lowest BCUT2D eigenvalue weighted by molar-refractivity contribution is 0.0541. The summed E-state index contributed by atoms with van der Waals surface area (Å²) in [5.74, 6) is 3.03. The molecule has 2 bridgehead atoms. The maximum atomic E-state index is 9.29. The molecule has 0 aromatic rings. The topological polar surface area (TPSA) is 40.5 Å². The normalized spacial score (nSPS) is 48.7. The first-order chi connectivity index (χ1) is 6.31. The van der Waals surface area contributed by atoms with E-state index >= 15 is 0 Å². The fourth-order valence-electron chi connectivity index (χ4n) is 3.77. The zero-order valence-corrected chi connectivity index (χ0v) is 8.32. The van der Waals surface area contributed by atoms with Crippen LogP contribution in [0.5, 0.6) is 0 Å². The molecule has 0 amide bonds. The van der Waals surface area contributed by atoms with Gasteiger partial charge in [-0.25, -0.2) is 0 Å². The van der Waals surface area contributed by atoms with Gasteiger partial charge in [0.05, 0.1) is 0 Å². The van der Waals surface area contributed by atoms with Crippen molar-refractivity contribution >= 4 is 0 Å². The van der Waals surface area contributed by atoms with Crippen molar-refractivity contribution in [3.8, 4) is 0 Å². The largest absolute Gasteiger partial charge is 0.396 e. The molecule has 0 spiro atoms. The van der Waals surface area contributed by atoms with Crippen LogP contribution in [0.2, 0.25) is 0 Å². The molecule has 2 heteroatoms. The lowest BCUT2D eigenvalue weighted by Crippen LogP contribution is -2.32. The summed E-state index contributed by atoms with van der Waals surface area (Å²) in [7, 11) is 0. The van der Waals surface area contributed by atoms with Gasteiger partial charge in [0.15, 0.2) is 0 Å². The Morgan fingerprint density at radius 2 is 1.77 bits per heavy atom. The fraction of sp³-hybridized carbons (Fsp3) is 1.00. The third-order valence-electron chi connectivity index (χ3n) is 4.44. The van der Waals surface area contributed by atoms with Gasteiger partial charge in [-0.05, 0) is 42.4 Å². The number of fused-ring (bicyclic) bond motifs is 2. The Balaban J connectivity index is 2.08. The molecule has 0 saturated heterocycles. The predicted octanol–water partition coefficient (Wildman–Crippen LogP) is 1.27. The SMILES string of the molecule is CCC1CC2CC1C(CO)C2CO. The van der Waals surface area contributed by atoms with Gasteiger partial charge in [-0.1, -0.05) is 13.3 Å². The van der Waals surface area contributed by atoms with Crippen LogP contribution in [0.15, 0.2) is 0 Å². The van der Waals surface area contributed by atoms with Crippen molar-refractivity contribution in [1.29, 1.82) is 0 Å². The molecule has 2 nitrogen and oxygen atoms in total. The van der Waals surface area contributed by atoms with Crippen LogP contribution in [-0.2, 0) is 0 Å². The molecule has 2 N–H and O–H groups in total. The van der Waals surface area contributed by atoms with E-state index in [2.05, 4.69) is 6.92 Å². The van der Waals surface area contributed by atoms with Crippen molar-refractivity contribution in [2.45, 2.75) is 26.2 Å². The molecule has 5 unspecified atom stereocenters. The van der Waals surface area contributed by atoms with Gasteiger partial charge in [-0.3, -0.25) is 0 Å². The third-order valence-corrected chi connectivity index (χ3v) is 4.44. The second-order valence-electron chi connectivity index (χ2n) is 4.76. The van der Waals surface area contributed by atoms with Gasteiger partial charge in [0, 0.05) is 13.2 Å². The van der Waals surface area contributed by atoms with E-state index in [1.54, 1.807) is 0 Å².